The first-order valence-electron chi connectivity index (χ1n) is 6.03. The molecule has 0 amide bonds. The summed E-state index contributed by atoms with van der Waals surface area (Å²) < 4.78 is 0. The predicted octanol–water partition coefficient (Wildman–Crippen LogP) is 4.79. The van der Waals surface area contributed by atoms with Crippen molar-refractivity contribution in [2.75, 3.05) is 0 Å². The lowest BCUT2D eigenvalue weighted by molar-refractivity contribution is 0.467. The van der Waals surface area contributed by atoms with E-state index in [2.05, 4.69) is 20.8 Å². The lowest BCUT2D eigenvalue weighted by atomic mass is 10.1. The first kappa shape index (κ1) is 16.4. The minimum Gasteiger partial charge on any atom is -0.508 e. The van der Waals surface area contributed by atoms with Gasteiger partial charge in [-0.1, -0.05) is 65.7 Å². The third-order valence-electron chi connectivity index (χ3n) is 1.51. The van der Waals surface area contributed by atoms with Gasteiger partial charge in [0.05, 0.1) is 0 Å². The van der Waals surface area contributed by atoms with Gasteiger partial charge in [-0.15, -0.1) is 0 Å². The second kappa shape index (κ2) is 13.0. The van der Waals surface area contributed by atoms with Gasteiger partial charge in [-0.3, -0.25) is 0 Å². The number of hydrogen-bond acceptors (Lipinski definition) is 1. The minimum absolute atomic E-state index is 0.421. The van der Waals surface area contributed by atoms with Crippen LogP contribution in [0, 0.1) is 0 Å². The molecular formula is C14H26O. The van der Waals surface area contributed by atoms with Crippen LogP contribution in [0.25, 0.3) is 0 Å². The van der Waals surface area contributed by atoms with Crippen molar-refractivity contribution in [3.8, 4) is 5.75 Å². The summed E-state index contributed by atoms with van der Waals surface area (Å²) in [6.07, 6.45) is 3.30. The molecule has 0 heterocycles. The van der Waals surface area contributed by atoms with Gasteiger partial charge in [0.15, 0.2) is 0 Å². The zero-order valence-corrected chi connectivity index (χ0v) is 10.9. The Hall–Kier alpha value is -0.980. The minimum atomic E-state index is 0.421. The monoisotopic (exact) mass is 210 g/mol. The summed E-state index contributed by atoms with van der Waals surface area (Å²) in [5, 5.41) is 9.24. The van der Waals surface area contributed by atoms with Gasteiger partial charge in [0, 0.05) is 0 Å². The van der Waals surface area contributed by atoms with E-state index >= 15 is 0 Å². The Morgan fingerprint density at radius 2 is 1.47 bits per heavy atom. The van der Waals surface area contributed by atoms with Crippen LogP contribution >= 0.6 is 0 Å². The Morgan fingerprint density at radius 3 is 1.87 bits per heavy atom. The topological polar surface area (TPSA) is 20.2 Å². The Morgan fingerprint density at radius 1 is 1.00 bits per heavy atom. The highest BCUT2D eigenvalue weighted by molar-refractivity contribution is 5.31. The van der Waals surface area contributed by atoms with E-state index in [0.29, 0.717) is 5.75 Å². The maximum Gasteiger partial charge on any atom is 0.118 e. The molecule has 0 bridgehead atoms. The summed E-state index contributed by atoms with van der Waals surface area (Å²) in [4.78, 5) is 0. The summed E-state index contributed by atoms with van der Waals surface area (Å²) in [5.74, 6) is 0.421. The lowest BCUT2D eigenvalue weighted by Crippen LogP contribution is -1.81. The van der Waals surface area contributed by atoms with Crippen molar-refractivity contribution in [2.45, 2.75) is 53.9 Å². The lowest BCUT2D eigenvalue weighted by Gasteiger charge is -1.99. The van der Waals surface area contributed by atoms with Crippen LogP contribution in [0.1, 0.15) is 53.0 Å². The maximum absolute atomic E-state index is 9.24. The molecule has 88 valence electrons. The number of phenols is 1. The molecule has 0 aliphatic heterocycles. The molecule has 1 nitrogen and oxygen atoms in total. The molecular weight excluding hydrogens is 184 g/mol. The van der Waals surface area contributed by atoms with Crippen LogP contribution in [0.15, 0.2) is 24.3 Å². The summed E-state index contributed by atoms with van der Waals surface area (Å²) in [7, 11) is 0. The van der Waals surface area contributed by atoms with Crippen molar-refractivity contribution in [3.63, 3.8) is 0 Å². The average Bonchev–Trinajstić information content (AvgIpc) is 2.26. The Bertz CT molecular complexity index is 218. The zero-order chi connectivity index (χ0) is 12.1. The third-order valence-corrected chi connectivity index (χ3v) is 1.51. The fraction of sp³-hybridized carbons (Fsp3) is 0.571. The molecule has 0 saturated heterocycles. The highest BCUT2D eigenvalue weighted by atomic mass is 16.3. The van der Waals surface area contributed by atoms with E-state index in [0.717, 1.165) is 18.4 Å². The molecule has 0 aromatic heterocycles. The van der Waals surface area contributed by atoms with E-state index < -0.39 is 0 Å². The van der Waals surface area contributed by atoms with Gasteiger partial charge in [-0.2, -0.15) is 0 Å². The highest BCUT2D eigenvalue weighted by Gasteiger charge is 1.95. The van der Waals surface area contributed by atoms with Gasteiger partial charge in [0.2, 0.25) is 0 Å². The van der Waals surface area contributed by atoms with Crippen molar-refractivity contribution in [3.05, 3.63) is 29.8 Å². The average molecular weight is 210 g/mol. The predicted molar refractivity (Wildman–Crippen MR) is 69.4 cm³/mol. The Labute approximate surface area is 95.2 Å². The van der Waals surface area contributed by atoms with Crippen LogP contribution < -0.4 is 0 Å². The van der Waals surface area contributed by atoms with E-state index in [4.69, 9.17) is 0 Å². The van der Waals surface area contributed by atoms with Gasteiger partial charge in [-0.25, -0.2) is 0 Å². The second-order valence-corrected chi connectivity index (χ2v) is 3.09. The molecule has 0 aliphatic rings. The van der Waals surface area contributed by atoms with Crippen molar-refractivity contribution in [1.29, 1.82) is 0 Å². The highest BCUT2D eigenvalue weighted by Crippen LogP contribution is 2.16. The van der Waals surface area contributed by atoms with E-state index in [1.165, 1.54) is 6.42 Å². The first-order chi connectivity index (χ1) is 7.26. The van der Waals surface area contributed by atoms with E-state index in [1.807, 2.05) is 32.0 Å². The van der Waals surface area contributed by atoms with Crippen LogP contribution in [0.3, 0.4) is 0 Å². The Balaban J connectivity index is 0. The van der Waals surface area contributed by atoms with Gasteiger partial charge < -0.3 is 5.11 Å². The molecule has 1 aromatic carbocycles. The summed E-state index contributed by atoms with van der Waals surface area (Å²) in [6, 6.07) is 7.48. The molecule has 0 atom stereocenters. The number of para-hydroxylation sites is 1. The molecule has 0 unspecified atom stereocenters. The molecule has 0 radical (unpaired) electrons. The van der Waals surface area contributed by atoms with Gasteiger partial charge in [0.1, 0.15) is 5.75 Å². The van der Waals surface area contributed by atoms with E-state index in [-0.39, 0.29) is 0 Å². The molecule has 1 N–H and O–H groups in total. The van der Waals surface area contributed by atoms with Crippen molar-refractivity contribution in [1.82, 2.24) is 0 Å². The van der Waals surface area contributed by atoms with Gasteiger partial charge in [0.25, 0.3) is 0 Å². The summed E-state index contributed by atoms with van der Waals surface area (Å²) >= 11 is 0. The Kier molecular flexibility index (Phi) is 14.3. The van der Waals surface area contributed by atoms with Crippen LogP contribution in [0.2, 0.25) is 0 Å². The van der Waals surface area contributed by atoms with Crippen LogP contribution in [0.4, 0.5) is 0 Å². The molecule has 15 heavy (non-hydrogen) atoms. The quantitative estimate of drug-likeness (QED) is 0.744. The normalized spacial score (nSPS) is 8.07. The molecule has 1 heteroatoms. The van der Waals surface area contributed by atoms with Crippen molar-refractivity contribution >= 4 is 0 Å². The first-order valence-corrected chi connectivity index (χ1v) is 6.03. The molecule has 0 spiro atoms. The van der Waals surface area contributed by atoms with Crippen molar-refractivity contribution < 1.29 is 5.11 Å². The van der Waals surface area contributed by atoms with E-state index in [9.17, 15) is 5.11 Å². The summed E-state index contributed by atoms with van der Waals surface area (Å²) in [6.45, 7) is 10.4. The van der Waals surface area contributed by atoms with E-state index in [1.54, 1.807) is 6.07 Å². The molecule has 1 aromatic rings. The number of aromatic hydroxyl groups is 1. The van der Waals surface area contributed by atoms with Crippen molar-refractivity contribution in [2.24, 2.45) is 0 Å². The standard InChI is InChI=1S/C9H12O.C3H8.C2H6/c1-2-5-8-6-3-4-7-9(8)10;1-3-2;1-2/h3-4,6-7,10H,2,5H2,1H3;3H2,1-2H3;1-2H3. The molecule has 0 saturated carbocycles. The fourth-order valence-corrected chi connectivity index (χ4v) is 0.992. The SMILES string of the molecule is CC.CCC.CCCc1ccccc1O. The number of aryl methyl sites for hydroxylation is 1. The van der Waals surface area contributed by atoms with Crippen LogP contribution in [0.5, 0.6) is 5.75 Å². The molecule has 0 aliphatic carbocycles. The van der Waals surface area contributed by atoms with Crippen LogP contribution in [-0.4, -0.2) is 5.11 Å². The smallest absolute Gasteiger partial charge is 0.118 e. The van der Waals surface area contributed by atoms with Gasteiger partial charge in [-0.05, 0) is 18.1 Å². The molecule has 0 fully saturated rings. The van der Waals surface area contributed by atoms with Gasteiger partial charge >= 0.3 is 0 Å². The number of hydrogen-bond donors (Lipinski definition) is 1. The number of phenolic OH excluding ortho intramolecular Hbond substituents is 1. The van der Waals surface area contributed by atoms with Crippen LogP contribution in [-0.2, 0) is 6.42 Å². The third kappa shape index (κ3) is 9.33. The molecule has 1 rings (SSSR count). The fourth-order valence-electron chi connectivity index (χ4n) is 0.992. The summed E-state index contributed by atoms with van der Waals surface area (Å²) in [5.41, 5.74) is 1.05. The maximum atomic E-state index is 9.24. The second-order valence-electron chi connectivity index (χ2n) is 3.09. The largest absolute Gasteiger partial charge is 0.508 e. The zero-order valence-electron chi connectivity index (χ0n) is 10.9. The number of benzene rings is 1. The number of rotatable bonds is 2.